The molecule has 6 nitrogen and oxygen atoms in total. The van der Waals surface area contributed by atoms with Crippen LogP contribution in [0.3, 0.4) is 0 Å². The highest BCUT2D eigenvalue weighted by atomic mass is 32.2. The summed E-state index contributed by atoms with van der Waals surface area (Å²) in [5.41, 5.74) is 0.538. The third kappa shape index (κ3) is 7.09. The SMILES string of the molecule is C=CCN(C)CCCCCCOC1CCC(N(C)S(=O)(=O)c2cccc3cccnc23)CC1. The summed E-state index contributed by atoms with van der Waals surface area (Å²) in [7, 11) is 0.230. The quantitative estimate of drug-likeness (QED) is 0.307. The number of unbranched alkanes of at least 4 members (excludes halogenated alkanes) is 3. The van der Waals surface area contributed by atoms with Crippen LogP contribution >= 0.6 is 0 Å². The van der Waals surface area contributed by atoms with Crippen LogP contribution in [0.1, 0.15) is 51.4 Å². The first kappa shape index (κ1) is 25.8. The first-order valence-electron chi connectivity index (χ1n) is 12.2. The zero-order valence-electron chi connectivity index (χ0n) is 20.2. The van der Waals surface area contributed by atoms with Gasteiger partial charge in [0.25, 0.3) is 0 Å². The van der Waals surface area contributed by atoms with Crippen molar-refractivity contribution >= 4 is 20.9 Å². The van der Waals surface area contributed by atoms with E-state index in [9.17, 15) is 8.42 Å². The minimum atomic E-state index is -3.60. The van der Waals surface area contributed by atoms with E-state index >= 15 is 0 Å². The number of likely N-dealkylation sites (N-methyl/N-ethyl adjacent to an activating group) is 1. The van der Waals surface area contributed by atoms with Gasteiger partial charge in [-0.15, -0.1) is 6.58 Å². The van der Waals surface area contributed by atoms with E-state index in [2.05, 4.69) is 23.5 Å². The molecule has 1 aliphatic rings. The van der Waals surface area contributed by atoms with Crippen LogP contribution in [-0.4, -0.2) is 68.5 Å². The maximum absolute atomic E-state index is 13.3. The topological polar surface area (TPSA) is 62.7 Å². The maximum Gasteiger partial charge on any atom is 0.245 e. The lowest BCUT2D eigenvalue weighted by Gasteiger charge is -2.34. The summed E-state index contributed by atoms with van der Waals surface area (Å²) in [6, 6.07) is 9.06. The Morgan fingerprint density at radius 2 is 1.79 bits per heavy atom. The van der Waals surface area contributed by atoms with Gasteiger partial charge in [0.15, 0.2) is 0 Å². The van der Waals surface area contributed by atoms with Gasteiger partial charge < -0.3 is 9.64 Å². The molecule has 0 radical (unpaired) electrons. The molecule has 0 unspecified atom stereocenters. The molecule has 1 aromatic carbocycles. The molecule has 2 aromatic rings. The van der Waals surface area contributed by atoms with Gasteiger partial charge in [-0.2, -0.15) is 4.31 Å². The second-order valence-electron chi connectivity index (χ2n) is 9.12. The normalized spacial score (nSPS) is 19.4. The van der Waals surface area contributed by atoms with Crippen molar-refractivity contribution in [2.24, 2.45) is 0 Å². The summed E-state index contributed by atoms with van der Waals surface area (Å²) in [6.45, 7) is 6.63. The van der Waals surface area contributed by atoms with Crippen LogP contribution in [0.5, 0.6) is 0 Å². The third-order valence-electron chi connectivity index (χ3n) is 6.64. The minimum Gasteiger partial charge on any atom is -0.378 e. The smallest absolute Gasteiger partial charge is 0.245 e. The van der Waals surface area contributed by atoms with Crippen molar-refractivity contribution in [1.29, 1.82) is 0 Å². The average molecular weight is 474 g/mol. The second kappa shape index (κ2) is 12.6. The van der Waals surface area contributed by atoms with E-state index in [0.29, 0.717) is 5.52 Å². The minimum absolute atomic E-state index is 0.00127. The Labute approximate surface area is 199 Å². The van der Waals surface area contributed by atoms with E-state index in [1.54, 1.807) is 29.7 Å². The van der Waals surface area contributed by atoms with Crippen LogP contribution in [-0.2, 0) is 14.8 Å². The predicted octanol–water partition coefficient (Wildman–Crippen LogP) is 4.86. The van der Waals surface area contributed by atoms with Crippen LogP contribution in [0, 0.1) is 0 Å². The van der Waals surface area contributed by atoms with Gasteiger partial charge in [-0.3, -0.25) is 4.98 Å². The molecule has 1 saturated carbocycles. The molecular weight excluding hydrogens is 434 g/mol. The Hall–Kier alpha value is -1.80. The lowest BCUT2D eigenvalue weighted by atomic mass is 9.93. The monoisotopic (exact) mass is 473 g/mol. The van der Waals surface area contributed by atoms with E-state index < -0.39 is 10.0 Å². The summed E-state index contributed by atoms with van der Waals surface area (Å²) < 4.78 is 34.4. The molecule has 7 heteroatoms. The van der Waals surface area contributed by atoms with Crippen LogP contribution in [0.4, 0.5) is 0 Å². The van der Waals surface area contributed by atoms with Crippen LogP contribution < -0.4 is 0 Å². The lowest BCUT2D eigenvalue weighted by molar-refractivity contribution is 0.0156. The molecule has 0 bridgehead atoms. The van der Waals surface area contributed by atoms with Crippen molar-refractivity contribution in [2.75, 3.05) is 33.8 Å². The predicted molar refractivity (Wildman–Crippen MR) is 135 cm³/mol. The van der Waals surface area contributed by atoms with Gasteiger partial charge in [0.05, 0.1) is 11.6 Å². The number of pyridine rings is 1. The van der Waals surface area contributed by atoms with E-state index in [4.69, 9.17) is 4.74 Å². The number of para-hydroxylation sites is 1. The van der Waals surface area contributed by atoms with Gasteiger partial charge in [0, 0.05) is 37.8 Å². The summed E-state index contributed by atoms with van der Waals surface area (Å²) >= 11 is 0. The van der Waals surface area contributed by atoms with Crippen molar-refractivity contribution in [3.63, 3.8) is 0 Å². The number of aromatic nitrogens is 1. The zero-order chi connectivity index (χ0) is 23.7. The number of hydrogen-bond donors (Lipinski definition) is 0. The highest BCUT2D eigenvalue weighted by Gasteiger charge is 2.32. The summed E-state index contributed by atoms with van der Waals surface area (Å²) in [5.74, 6) is 0. The van der Waals surface area contributed by atoms with Crippen LogP contribution in [0.15, 0.2) is 54.1 Å². The van der Waals surface area contributed by atoms with Crippen molar-refractivity contribution in [2.45, 2.75) is 68.4 Å². The van der Waals surface area contributed by atoms with Gasteiger partial charge in [-0.05, 0) is 64.3 Å². The molecular formula is C26H39N3O3S. The molecule has 0 N–H and O–H groups in total. The fraction of sp³-hybridized carbons (Fsp3) is 0.577. The van der Waals surface area contributed by atoms with E-state index in [1.807, 2.05) is 24.3 Å². The van der Waals surface area contributed by atoms with Crippen molar-refractivity contribution < 1.29 is 13.2 Å². The van der Waals surface area contributed by atoms with Crippen LogP contribution in [0.25, 0.3) is 10.9 Å². The maximum atomic E-state index is 13.3. The number of nitrogens with zero attached hydrogens (tertiary/aromatic N) is 3. The number of fused-ring (bicyclic) bond motifs is 1. The number of sulfonamides is 1. The first-order chi connectivity index (χ1) is 15.9. The molecule has 3 rings (SSSR count). The Morgan fingerprint density at radius 1 is 1.06 bits per heavy atom. The molecule has 0 atom stereocenters. The summed E-state index contributed by atoms with van der Waals surface area (Å²) in [5, 5.41) is 0.841. The fourth-order valence-corrected chi connectivity index (χ4v) is 6.19. The van der Waals surface area contributed by atoms with E-state index in [0.717, 1.165) is 57.2 Å². The third-order valence-corrected chi connectivity index (χ3v) is 8.58. The van der Waals surface area contributed by atoms with Gasteiger partial charge in [0.1, 0.15) is 4.90 Å². The molecule has 0 saturated heterocycles. The largest absolute Gasteiger partial charge is 0.378 e. The van der Waals surface area contributed by atoms with Crippen molar-refractivity contribution in [3.8, 4) is 0 Å². The molecule has 1 aliphatic carbocycles. The number of rotatable bonds is 13. The van der Waals surface area contributed by atoms with Gasteiger partial charge in [-0.1, -0.05) is 37.1 Å². The molecule has 33 heavy (non-hydrogen) atoms. The number of benzene rings is 1. The highest BCUT2D eigenvalue weighted by Crippen LogP contribution is 2.30. The second-order valence-corrected chi connectivity index (χ2v) is 11.1. The lowest BCUT2D eigenvalue weighted by Crippen LogP contribution is -2.40. The van der Waals surface area contributed by atoms with E-state index in [1.165, 1.54) is 19.3 Å². The first-order valence-corrected chi connectivity index (χ1v) is 13.6. The molecule has 0 spiro atoms. The van der Waals surface area contributed by atoms with Gasteiger partial charge in [0.2, 0.25) is 10.0 Å². The number of ether oxygens (including phenoxy) is 1. The number of hydrogen-bond acceptors (Lipinski definition) is 5. The highest BCUT2D eigenvalue weighted by molar-refractivity contribution is 7.89. The van der Waals surface area contributed by atoms with Gasteiger partial charge in [-0.25, -0.2) is 8.42 Å². The fourth-order valence-electron chi connectivity index (χ4n) is 4.61. The molecule has 1 heterocycles. The van der Waals surface area contributed by atoms with Crippen molar-refractivity contribution in [1.82, 2.24) is 14.2 Å². The Morgan fingerprint density at radius 3 is 2.55 bits per heavy atom. The molecule has 0 aliphatic heterocycles. The molecule has 0 amide bonds. The standard InChI is InChI=1S/C26H39N3O3S/c1-4-19-28(2)20-7-5-6-8-21-32-24-16-14-23(15-17-24)29(3)33(30,31)25-13-9-11-22-12-10-18-27-26(22)25/h4,9-13,18,23-24H,1,5-8,14-17,19-21H2,2-3H3. The molecule has 1 fully saturated rings. The summed E-state index contributed by atoms with van der Waals surface area (Å²) in [4.78, 5) is 6.91. The van der Waals surface area contributed by atoms with Crippen molar-refractivity contribution in [3.05, 3.63) is 49.2 Å². The molecule has 182 valence electrons. The summed E-state index contributed by atoms with van der Waals surface area (Å²) in [6.07, 6.45) is 12.0. The van der Waals surface area contributed by atoms with Crippen LogP contribution in [0.2, 0.25) is 0 Å². The van der Waals surface area contributed by atoms with Gasteiger partial charge >= 0.3 is 0 Å². The molecule has 1 aromatic heterocycles. The van der Waals surface area contributed by atoms with E-state index in [-0.39, 0.29) is 17.0 Å². The Balaban J connectivity index is 1.41. The average Bonchev–Trinajstić information content (AvgIpc) is 2.83. The Kier molecular flexibility index (Phi) is 9.86. The Bertz CT molecular complexity index is 982. The zero-order valence-corrected chi connectivity index (χ0v) is 21.0.